The molecular formula is C16H16N2O2S. The largest absolute Gasteiger partial charge is 0.321 e. The van der Waals surface area contributed by atoms with E-state index in [0.717, 1.165) is 22.3 Å². The van der Waals surface area contributed by atoms with Crippen molar-refractivity contribution in [1.29, 1.82) is 0 Å². The van der Waals surface area contributed by atoms with Crippen LogP contribution in [0.2, 0.25) is 0 Å². The van der Waals surface area contributed by atoms with Gasteiger partial charge in [0.2, 0.25) is 0 Å². The van der Waals surface area contributed by atoms with Gasteiger partial charge in [0.1, 0.15) is 0 Å². The molecule has 3 rings (SSSR count). The summed E-state index contributed by atoms with van der Waals surface area (Å²) < 4.78 is 30.1. The van der Waals surface area contributed by atoms with Crippen molar-refractivity contribution in [2.45, 2.75) is 19.9 Å². The highest BCUT2D eigenvalue weighted by Gasteiger charge is 2.32. The van der Waals surface area contributed by atoms with Crippen LogP contribution < -0.4 is 4.72 Å². The predicted molar refractivity (Wildman–Crippen MR) is 83.7 cm³/mol. The molecule has 0 radical (unpaired) electrons. The fourth-order valence-corrected chi connectivity index (χ4v) is 3.41. The number of hydrogen-bond donors (Lipinski definition) is 1. The molecule has 0 aliphatic carbocycles. The van der Waals surface area contributed by atoms with E-state index in [0.29, 0.717) is 5.71 Å². The first kappa shape index (κ1) is 14.0. The van der Waals surface area contributed by atoms with Crippen LogP contribution in [0, 0.1) is 13.8 Å². The Balaban J connectivity index is 2.06. The van der Waals surface area contributed by atoms with E-state index in [1.165, 1.54) is 0 Å². The number of benzene rings is 2. The minimum Gasteiger partial charge on any atom is -0.187 e. The van der Waals surface area contributed by atoms with Gasteiger partial charge in [0.05, 0.1) is 11.8 Å². The Morgan fingerprint density at radius 2 is 1.43 bits per heavy atom. The van der Waals surface area contributed by atoms with Crippen LogP contribution in [0.25, 0.3) is 0 Å². The standard InChI is InChI=1S/C16H16N2O2S/c1-11-3-7-13(8-4-11)15-16(18-21(19,20)17-15)14-9-5-12(2)6-10-14/h3-10,15,17H,1-2H3/t15-/m1/s1. The summed E-state index contributed by atoms with van der Waals surface area (Å²) >= 11 is 0. The van der Waals surface area contributed by atoms with Gasteiger partial charge >= 0.3 is 10.2 Å². The third kappa shape index (κ3) is 2.89. The van der Waals surface area contributed by atoms with Crippen molar-refractivity contribution in [3.8, 4) is 0 Å². The van der Waals surface area contributed by atoms with E-state index in [1.54, 1.807) is 0 Å². The Morgan fingerprint density at radius 3 is 2.00 bits per heavy atom. The van der Waals surface area contributed by atoms with Crippen LogP contribution in [-0.2, 0) is 10.2 Å². The molecule has 21 heavy (non-hydrogen) atoms. The molecule has 1 aliphatic rings. The molecule has 0 spiro atoms. The highest BCUT2D eigenvalue weighted by atomic mass is 32.2. The molecule has 4 nitrogen and oxygen atoms in total. The Kier molecular flexibility index (Phi) is 3.39. The van der Waals surface area contributed by atoms with Gasteiger partial charge < -0.3 is 0 Å². The second-order valence-electron chi connectivity index (χ2n) is 5.28. The van der Waals surface area contributed by atoms with Gasteiger partial charge in [-0.2, -0.15) is 17.5 Å². The molecule has 0 bridgehead atoms. The van der Waals surface area contributed by atoms with Gasteiger partial charge in [-0.1, -0.05) is 59.7 Å². The Labute approximate surface area is 124 Å². The number of nitrogens with zero attached hydrogens (tertiary/aromatic N) is 1. The summed E-state index contributed by atoms with van der Waals surface area (Å²) in [4.78, 5) is 0. The summed E-state index contributed by atoms with van der Waals surface area (Å²) in [6.07, 6.45) is 0. The molecule has 0 unspecified atom stereocenters. The fourth-order valence-electron chi connectivity index (χ4n) is 2.34. The van der Waals surface area contributed by atoms with E-state index in [-0.39, 0.29) is 0 Å². The van der Waals surface area contributed by atoms with E-state index in [1.807, 2.05) is 62.4 Å². The number of hydrogen-bond acceptors (Lipinski definition) is 2. The van der Waals surface area contributed by atoms with Crippen LogP contribution in [0.4, 0.5) is 0 Å². The normalized spacial score (nSPS) is 20.3. The zero-order chi connectivity index (χ0) is 15.0. The van der Waals surface area contributed by atoms with Crippen molar-refractivity contribution >= 4 is 15.9 Å². The lowest BCUT2D eigenvalue weighted by Gasteiger charge is -2.13. The summed E-state index contributed by atoms with van der Waals surface area (Å²) in [5, 5.41) is 0. The van der Waals surface area contributed by atoms with Crippen molar-refractivity contribution in [3.05, 3.63) is 70.8 Å². The molecule has 1 aliphatic heterocycles. The lowest BCUT2D eigenvalue weighted by atomic mass is 9.96. The highest BCUT2D eigenvalue weighted by molar-refractivity contribution is 7.88. The zero-order valence-electron chi connectivity index (χ0n) is 11.9. The van der Waals surface area contributed by atoms with Crippen molar-refractivity contribution < 1.29 is 8.42 Å². The quantitative estimate of drug-likeness (QED) is 0.927. The fraction of sp³-hybridized carbons (Fsp3) is 0.188. The molecule has 2 aromatic rings. The van der Waals surface area contributed by atoms with Gasteiger partial charge in [0.15, 0.2) is 0 Å². The minimum absolute atomic E-state index is 0.432. The first-order valence-corrected chi connectivity index (χ1v) is 8.14. The first-order valence-electron chi connectivity index (χ1n) is 6.70. The van der Waals surface area contributed by atoms with Crippen LogP contribution in [-0.4, -0.2) is 14.1 Å². The summed E-state index contributed by atoms with van der Waals surface area (Å²) in [6, 6.07) is 15.1. The molecule has 0 aromatic heterocycles. The van der Waals surface area contributed by atoms with Gasteiger partial charge in [0.25, 0.3) is 0 Å². The monoisotopic (exact) mass is 300 g/mol. The second-order valence-corrected chi connectivity index (χ2v) is 6.65. The van der Waals surface area contributed by atoms with Gasteiger partial charge in [-0.15, -0.1) is 0 Å². The maximum Gasteiger partial charge on any atom is 0.321 e. The van der Waals surface area contributed by atoms with E-state index < -0.39 is 16.3 Å². The molecule has 1 N–H and O–H groups in total. The Morgan fingerprint density at radius 1 is 0.905 bits per heavy atom. The molecule has 1 heterocycles. The van der Waals surface area contributed by atoms with Crippen molar-refractivity contribution in [2.24, 2.45) is 4.40 Å². The van der Waals surface area contributed by atoms with E-state index in [2.05, 4.69) is 9.12 Å². The molecule has 1 atom stereocenters. The van der Waals surface area contributed by atoms with Crippen molar-refractivity contribution in [1.82, 2.24) is 4.72 Å². The smallest absolute Gasteiger partial charge is 0.187 e. The third-order valence-electron chi connectivity index (χ3n) is 3.52. The molecule has 5 heteroatoms. The lowest BCUT2D eigenvalue weighted by molar-refractivity contribution is 0.585. The molecule has 108 valence electrons. The first-order chi connectivity index (χ1) is 9.94. The van der Waals surface area contributed by atoms with Crippen molar-refractivity contribution in [2.75, 3.05) is 0 Å². The van der Waals surface area contributed by atoms with Crippen molar-refractivity contribution in [3.63, 3.8) is 0 Å². The molecule has 2 aromatic carbocycles. The summed E-state index contributed by atoms with van der Waals surface area (Å²) in [7, 11) is -3.62. The maximum absolute atomic E-state index is 11.8. The van der Waals surface area contributed by atoms with Crippen LogP contribution in [0.5, 0.6) is 0 Å². The molecule has 0 saturated heterocycles. The average molecular weight is 300 g/mol. The van der Waals surface area contributed by atoms with Gasteiger partial charge in [-0.05, 0) is 25.0 Å². The average Bonchev–Trinajstić information content (AvgIpc) is 2.76. The minimum atomic E-state index is -3.62. The van der Waals surface area contributed by atoms with E-state index in [4.69, 9.17) is 0 Å². The van der Waals surface area contributed by atoms with Crippen LogP contribution >= 0.6 is 0 Å². The zero-order valence-corrected chi connectivity index (χ0v) is 12.7. The van der Waals surface area contributed by atoms with Gasteiger partial charge in [0, 0.05) is 0 Å². The molecule has 0 amide bonds. The van der Waals surface area contributed by atoms with Gasteiger partial charge in [-0.25, -0.2) is 0 Å². The van der Waals surface area contributed by atoms with Crippen LogP contribution in [0.15, 0.2) is 52.9 Å². The Bertz CT molecular complexity index is 791. The van der Waals surface area contributed by atoms with Crippen LogP contribution in [0.1, 0.15) is 28.3 Å². The summed E-state index contributed by atoms with van der Waals surface area (Å²) in [5.74, 6) is 0. The molecule has 0 fully saturated rings. The highest BCUT2D eigenvalue weighted by Crippen LogP contribution is 2.26. The van der Waals surface area contributed by atoms with E-state index in [9.17, 15) is 8.42 Å². The third-order valence-corrected chi connectivity index (χ3v) is 4.49. The number of rotatable bonds is 2. The summed E-state index contributed by atoms with van der Waals surface area (Å²) in [6.45, 7) is 3.99. The van der Waals surface area contributed by atoms with Crippen LogP contribution in [0.3, 0.4) is 0 Å². The number of aryl methyl sites for hydroxylation is 2. The predicted octanol–water partition coefficient (Wildman–Crippen LogP) is 2.68. The summed E-state index contributed by atoms with van der Waals surface area (Å²) in [5.41, 5.74) is 4.51. The van der Waals surface area contributed by atoms with Gasteiger partial charge in [-0.3, -0.25) is 0 Å². The Hall–Kier alpha value is -1.98. The SMILES string of the molecule is Cc1ccc(C2=NS(=O)(=O)N[C@@H]2c2ccc(C)cc2)cc1. The topological polar surface area (TPSA) is 58.5 Å². The molecular weight excluding hydrogens is 284 g/mol. The maximum atomic E-state index is 11.8. The van der Waals surface area contributed by atoms with E-state index >= 15 is 0 Å². The lowest BCUT2D eigenvalue weighted by Crippen LogP contribution is -2.24. The number of nitrogens with one attached hydrogen (secondary N) is 1. The second kappa shape index (κ2) is 5.09. The molecule has 0 saturated carbocycles.